The van der Waals surface area contributed by atoms with Crippen LogP contribution in [-0.2, 0) is 6.42 Å². The summed E-state index contributed by atoms with van der Waals surface area (Å²) in [6.07, 6.45) is 2.30. The minimum absolute atomic E-state index is 0.0552. The zero-order valence-corrected chi connectivity index (χ0v) is 16.6. The zero-order valence-electron chi connectivity index (χ0n) is 16.6. The molecule has 0 saturated heterocycles. The Morgan fingerprint density at radius 3 is 2.56 bits per heavy atom. The summed E-state index contributed by atoms with van der Waals surface area (Å²) in [5.41, 5.74) is 7.09. The fourth-order valence-electron chi connectivity index (χ4n) is 3.03. The first kappa shape index (κ1) is 19.1. The van der Waals surface area contributed by atoms with Crippen molar-refractivity contribution in [2.45, 2.75) is 13.3 Å². The Morgan fingerprint density at radius 2 is 1.75 bits per heavy atom. The predicted molar refractivity (Wildman–Crippen MR) is 115 cm³/mol. The highest BCUT2D eigenvalue weighted by molar-refractivity contribution is 5.75. The molecular weight excluding hydrogens is 416 g/mol. The van der Waals surface area contributed by atoms with Gasteiger partial charge < -0.3 is 9.97 Å². The highest BCUT2D eigenvalue weighted by Gasteiger charge is 2.11. The molecular formula is C18H16N12O2. The summed E-state index contributed by atoms with van der Waals surface area (Å²) in [5, 5.41) is 7.47. The Bertz CT molecular complexity index is 1560. The molecule has 0 bridgehead atoms. The molecule has 160 valence electrons. The van der Waals surface area contributed by atoms with Crippen LogP contribution in [0, 0.1) is 0 Å². The molecule has 1 aromatic carbocycles. The molecule has 0 atom stereocenters. The van der Waals surface area contributed by atoms with Gasteiger partial charge in [-0.05, 0) is 12.0 Å². The van der Waals surface area contributed by atoms with E-state index in [0.717, 1.165) is 12.0 Å². The molecule has 0 amide bonds. The topological polar surface area (TPSA) is 198 Å². The molecule has 0 aliphatic rings. The Balaban J connectivity index is 1.33. The second-order valence-electron chi connectivity index (χ2n) is 6.68. The summed E-state index contributed by atoms with van der Waals surface area (Å²) in [4.78, 5) is 51.5. The van der Waals surface area contributed by atoms with Crippen LogP contribution in [0.5, 0.6) is 0 Å². The highest BCUT2D eigenvalue weighted by atomic mass is 16.1. The molecule has 5 rings (SSSR count). The zero-order chi connectivity index (χ0) is 22.1. The van der Waals surface area contributed by atoms with Crippen LogP contribution in [-0.4, -0.2) is 39.9 Å². The molecule has 5 aromatic rings. The van der Waals surface area contributed by atoms with Gasteiger partial charge >= 0.3 is 0 Å². The molecule has 4 heterocycles. The van der Waals surface area contributed by atoms with Crippen molar-refractivity contribution in [2.24, 2.45) is 10.3 Å². The number of nitrogens with one attached hydrogen (secondary N) is 6. The van der Waals surface area contributed by atoms with E-state index in [-0.39, 0.29) is 34.2 Å². The van der Waals surface area contributed by atoms with E-state index >= 15 is 0 Å². The number of fused-ring (bicyclic) bond motifs is 2. The van der Waals surface area contributed by atoms with Crippen LogP contribution in [0.4, 0.5) is 11.9 Å². The molecule has 0 aliphatic heterocycles. The molecule has 4 aromatic heterocycles. The number of aromatic nitrogens is 8. The molecule has 14 heteroatoms. The van der Waals surface area contributed by atoms with Gasteiger partial charge in [0.1, 0.15) is 5.82 Å². The average molecular weight is 432 g/mol. The number of hydrogen-bond donors (Lipinski definition) is 6. The third-order valence-electron chi connectivity index (χ3n) is 4.65. The van der Waals surface area contributed by atoms with Crippen LogP contribution in [0.15, 0.2) is 50.5 Å². The lowest BCUT2D eigenvalue weighted by Crippen LogP contribution is -2.20. The second kappa shape index (κ2) is 7.75. The Hall–Kier alpha value is -4.88. The first-order chi connectivity index (χ1) is 15.6. The maximum absolute atomic E-state index is 12.4. The number of H-pyrrole nitrogens is 4. The van der Waals surface area contributed by atoms with Crippen molar-refractivity contribution in [2.75, 3.05) is 5.43 Å². The van der Waals surface area contributed by atoms with E-state index in [2.05, 4.69) is 68.1 Å². The van der Waals surface area contributed by atoms with Crippen LogP contribution in [0.3, 0.4) is 0 Å². The highest BCUT2D eigenvalue weighted by Crippen LogP contribution is 2.19. The van der Waals surface area contributed by atoms with Crippen molar-refractivity contribution in [3.05, 3.63) is 56.9 Å². The summed E-state index contributed by atoms with van der Waals surface area (Å²) in [7, 11) is 0. The lowest BCUT2D eigenvalue weighted by molar-refractivity contribution is 0.780. The minimum atomic E-state index is -0.434. The van der Waals surface area contributed by atoms with Gasteiger partial charge in [-0.25, -0.2) is 9.97 Å². The van der Waals surface area contributed by atoms with Gasteiger partial charge in [-0.2, -0.15) is 15.5 Å². The van der Waals surface area contributed by atoms with E-state index in [0.29, 0.717) is 5.82 Å². The largest absolute Gasteiger partial charge is 0.339 e. The summed E-state index contributed by atoms with van der Waals surface area (Å²) >= 11 is 0. The maximum atomic E-state index is 12.4. The molecule has 14 nitrogen and oxygen atoms in total. The number of hydrazine groups is 1. The van der Waals surface area contributed by atoms with Crippen molar-refractivity contribution < 1.29 is 0 Å². The van der Waals surface area contributed by atoms with Gasteiger partial charge in [-0.1, -0.05) is 41.5 Å². The summed E-state index contributed by atoms with van der Waals surface area (Å²) in [6, 6.07) is 7.87. The van der Waals surface area contributed by atoms with Crippen LogP contribution < -0.4 is 22.1 Å². The maximum Gasteiger partial charge on any atom is 0.278 e. The molecule has 0 unspecified atom stereocenters. The second-order valence-corrected chi connectivity index (χ2v) is 6.68. The Labute approximate surface area is 177 Å². The van der Waals surface area contributed by atoms with Crippen molar-refractivity contribution in [3.63, 3.8) is 0 Å². The molecule has 0 spiro atoms. The van der Waals surface area contributed by atoms with Crippen LogP contribution in [0.1, 0.15) is 12.5 Å². The quantitative estimate of drug-likeness (QED) is 0.171. The van der Waals surface area contributed by atoms with Crippen LogP contribution in [0.25, 0.3) is 33.7 Å². The number of benzene rings is 1. The molecule has 0 aliphatic carbocycles. The van der Waals surface area contributed by atoms with Gasteiger partial charge in [0.2, 0.25) is 5.95 Å². The molecule has 32 heavy (non-hydrogen) atoms. The summed E-state index contributed by atoms with van der Waals surface area (Å²) < 4.78 is 0. The summed E-state index contributed by atoms with van der Waals surface area (Å²) in [6.45, 7) is 2.08. The van der Waals surface area contributed by atoms with Crippen LogP contribution in [0.2, 0.25) is 0 Å². The van der Waals surface area contributed by atoms with Gasteiger partial charge in [-0.3, -0.25) is 25.0 Å². The number of anilines is 1. The van der Waals surface area contributed by atoms with Crippen molar-refractivity contribution in [1.29, 1.82) is 0 Å². The smallest absolute Gasteiger partial charge is 0.278 e. The van der Waals surface area contributed by atoms with Crippen molar-refractivity contribution >= 4 is 34.2 Å². The Kier molecular flexibility index (Phi) is 4.63. The van der Waals surface area contributed by atoms with Gasteiger partial charge in [0.25, 0.3) is 17.1 Å². The van der Waals surface area contributed by atoms with Gasteiger partial charge in [0.15, 0.2) is 22.3 Å². The van der Waals surface area contributed by atoms with Crippen LogP contribution >= 0.6 is 0 Å². The fourth-order valence-corrected chi connectivity index (χ4v) is 3.03. The van der Waals surface area contributed by atoms with Crippen molar-refractivity contribution in [1.82, 2.24) is 45.4 Å². The predicted octanol–water partition coefficient (Wildman–Crippen LogP) is 1.45. The Morgan fingerprint density at radius 1 is 0.938 bits per heavy atom. The monoisotopic (exact) mass is 432 g/mol. The summed E-state index contributed by atoms with van der Waals surface area (Å²) in [5.74, 6) is 0.551. The molecule has 0 saturated carbocycles. The lowest BCUT2D eigenvalue weighted by Gasteiger charge is -2.01. The lowest BCUT2D eigenvalue weighted by atomic mass is 10.1. The first-order valence-electron chi connectivity index (χ1n) is 9.55. The number of hydrogen-bond acceptors (Lipinski definition) is 9. The SMILES string of the molecule is CCc1ccc(-c2nc3nc(/N=N/NNc4nc5nc[nH]c5c(=O)[nH]4)[nH]c(=O)c3[nH]2)cc1. The first-order valence-corrected chi connectivity index (χ1v) is 9.55. The van der Waals surface area contributed by atoms with E-state index in [4.69, 9.17) is 0 Å². The van der Waals surface area contributed by atoms with Gasteiger partial charge in [-0.15, -0.1) is 0 Å². The normalized spacial score (nSPS) is 11.5. The van der Waals surface area contributed by atoms with E-state index in [1.165, 1.54) is 11.9 Å². The number of nitrogens with zero attached hydrogens (tertiary/aromatic N) is 6. The fraction of sp³-hybridized carbons (Fsp3) is 0.111. The average Bonchev–Trinajstić information content (AvgIpc) is 3.44. The molecule has 0 radical (unpaired) electrons. The standard InChI is InChI=1S/C18H16N12O2/c1-2-8-3-5-9(6-4-8)12-21-11-14(22-12)24-18(26-16(11)32)28-30-29-27-17-23-13-10(15(31)25-17)19-7-20-13/h3-7H,2H2,1H3,(H3,19,20,23,25,27,30,31)(H3,21,22,24,26,28,29,32). The number of rotatable bonds is 6. The van der Waals surface area contributed by atoms with E-state index in [9.17, 15) is 9.59 Å². The molecule has 6 N–H and O–H groups in total. The van der Waals surface area contributed by atoms with Gasteiger partial charge in [0, 0.05) is 5.56 Å². The van der Waals surface area contributed by atoms with E-state index in [1.807, 2.05) is 24.3 Å². The molecule has 0 fully saturated rings. The number of aromatic amines is 4. The minimum Gasteiger partial charge on any atom is -0.339 e. The van der Waals surface area contributed by atoms with Crippen molar-refractivity contribution in [3.8, 4) is 11.4 Å². The number of imidazole rings is 2. The van der Waals surface area contributed by atoms with Gasteiger partial charge in [0.05, 0.1) is 6.33 Å². The number of aryl methyl sites for hydroxylation is 1. The van der Waals surface area contributed by atoms with E-state index in [1.54, 1.807) is 0 Å². The third kappa shape index (κ3) is 3.55. The van der Waals surface area contributed by atoms with E-state index < -0.39 is 11.1 Å². The third-order valence-corrected chi connectivity index (χ3v) is 4.65.